The molecule has 1 aromatic heterocycles. The average molecular weight is 274 g/mol. The summed E-state index contributed by atoms with van der Waals surface area (Å²) >= 11 is 1.86. The van der Waals surface area contributed by atoms with Crippen LogP contribution >= 0.6 is 11.3 Å². The van der Waals surface area contributed by atoms with Crippen LogP contribution in [0, 0.1) is 23.2 Å². The molecule has 2 fully saturated rings. The minimum absolute atomic E-state index is 0.226. The van der Waals surface area contributed by atoms with Crippen LogP contribution in [0.3, 0.4) is 0 Å². The molecule has 0 radical (unpaired) electrons. The highest BCUT2D eigenvalue weighted by atomic mass is 32.1. The Morgan fingerprint density at radius 1 is 1.21 bits per heavy atom. The molecular formula is C16H22N2S. The fraction of sp³-hybridized carbons (Fsp3) is 0.688. The maximum atomic E-state index is 9.26. The molecule has 1 heterocycles. The number of thiophene rings is 1. The summed E-state index contributed by atoms with van der Waals surface area (Å²) in [4.78, 5) is 1.47. The van der Waals surface area contributed by atoms with Crippen LogP contribution in [0.1, 0.15) is 55.9 Å². The molecule has 0 amide bonds. The lowest BCUT2D eigenvalue weighted by Crippen LogP contribution is -2.37. The van der Waals surface area contributed by atoms with Crippen molar-refractivity contribution in [1.82, 2.24) is 5.32 Å². The zero-order valence-electron chi connectivity index (χ0n) is 11.3. The molecule has 1 aromatic rings. The Morgan fingerprint density at radius 2 is 2.05 bits per heavy atom. The molecule has 0 aliphatic heterocycles. The van der Waals surface area contributed by atoms with Gasteiger partial charge in [0.25, 0.3) is 0 Å². The molecule has 2 aliphatic rings. The van der Waals surface area contributed by atoms with E-state index >= 15 is 0 Å². The standard InChI is InChI=1S/C16H22N2S/c17-11-13-7-3-8-14(13)18-16(12-5-1-2-6-12)15-9-4-10-19-15/h4,9-10,12-14,16,18H,1-3,5-8H2. The fourth-order valence-corrected chi connectivity index (χ4v) is 4.63. The van der Waals surface area contributed by atoms with Gasteiger partial charge in [0.1, 0.15) is 0 Å². The number of nitrogens with one attached hydrogen (secondary N) is 1. The molecule has 1 N–H and O–H groups in total. The van der Waals surface area contributed by atoms with Crippen molar-refractivity contribution < 1.29 is 0 Å². The van der Waals surface area contributed by atoms with Gasteiger partial charge in [0, 0.05) is 17.0 Å². The highest BCUT2D eigenvalue weighted by Gasteiger charge is 2.33. The molecule has 3 atom stereocenters. The molecular weight excluding hydrogens is 252 g/mol. The van der Waals surface area contributed by atoms with Crippen LogP contribution in [0.5, 0.6) is 0 Å². The molecule has 0 saturated heterocycles. The molecule has 0 bridgehead atoms. The smallest absolute Gasteiger partial charge is 0.0672 e. The lowest BCUT2D eigenvalue weighted by Gasteiger charge is -2.28. The monoisotopic (exact) mass is 274 g/mol. The maximum Gasteiger partial charge on any atom is 0.0672 e. The number of hydrogen-bond donors (Lipinski definition) is 1. The van der Waals surface area contributed by atoms with E-state index in [9.17, 15) is 5.26 Å². The Bertz CT molecular complexity index is 428. The van der Waals surface area contributed by atoms with Gasteiger partial charge in [0.15, 0.2) is 0 Å². The summed E-state index contributed by atoms with van der Waals surface area (Å²) in [6, 6.07) is 7.81. The molecule has 0 spiro atoms. The topological polar surface area (TPSA) is 35.8 Å². The third kappa shape index (κ3) is 2.85. The largest absolute Gasteiger partial charge is 0.305 e. The normalized spacial score (nSPS) is 29.4. The van der Waals surface area contributed by atoms with E-state index in [1.54, 1.807) is 0 Å². The summed E-state index contributed by atoms with van der Waals surface area (Å²) in [7, 11) is 0. The first kappa shape index (κ1) is 13.1. The number of nitriles is 1. The summed E-state index contributed by atoms with van der Waals surface area (Å²) in [5.41, 5.74) is 0. The van der Waals surface area contributed by atoms with E-state index in [2.05, 4.69) is 28.9 Å². The Labute approximate surface area is 119 Å². The van der Waals surface area contributed by atoms with E-state index in [0.29, 0.717) is 12.1 Å². The molecule has 19 heavy (non-hydrogen) atoms. The molecule has 0 aromatic carbocycles. The average Bonchev–Trinajstić information content (AvgIpc) is 3.17. The van der Waals surface area contributed by atoms with Gasteiger partial charge in [0.2, 0.25) is 0 Å². The van der Waals surface area contributed by atoms with Crippen molar-refractivity contribution in [3.05, 3.63) is 22.4 Å². The summed E-state index contributed by atoms with van der Waals surface area (Å²) in [5, 5.41) is 15.3. The summed E-state index contributed by atoms with van der Waals surface area (Å²) in [6.07, 6.45) is 8.90. The minimum atomic E-state index is 0.226. The summed E-state index contributed by atoms with van der Waals surface area (Å²) < 4.78 is 0. The van der Waals surface area contributed by atoms with E-state index in [1.807, 2.05) is 11.3 Å². The van der Waals surface area contributed by atoms with Gasteiger partial charge in [-0.25, -0.2) is 0 Å². The molecule has 2 saturated carbocycles. The molecule has 3 heteroatoms. The van der Waals surface area contributed by atoms with E-state index in [4.69, 9.17) is 0 Å². The second-order valence-corrected chi connectivity index (χ2v) is 6.96. The van der Waals surface area contributed by atoms with Crippen molar-refractivity contribution in [2.75, 3.05) is 0 Å². The van der Waals surface area contributed by atoms with Crippen LogP contribution in [0.4, 0.5) is 0 Å². The van der Waals surface area contributed by atoms with Gasteiger partial charge in [-0.15, -0.1) is 11.3 Å². The van der Waals surface area contributed by atoms with Crippen molar-refractivity contribution >= 4 is 11.3 Å². The second-order valence-electron chi connectivity index (χ2n) is 5.98. The fourth-order valence-electron chi connectivity index (χ4n) is 3.75. The van der Waals surface area contributed by atoms with E-state index in [1.165, 1.54) is 43.4 Å². The zero-order chi connectivity index (χ0) is 13.1. The predicted octanol–water partition coefficient (Wildman–Crippen LogP) is 4.26. The number of nitrogens with zero attached hydrogens (tertiary/aromatic N) is 1. The van der Waals surface area contributed by atoms with Crippen LogP contribution in [0.15, 0.2) is 17.5 Å². The lowest BCUT2D eigenvalue weighted by molar-refractivity contribution is 0.315. The molecule has 3 unspecified atom stereocenters. The first-order chi connectivity index (χ1) is 9.38. The third-order valence-electron chi connectivity index (χ3n) is 4.80. The maximum absolute atomic E-state index is 9.26. The Morgan fingerprint density at radius 3 is 2.74 bits per heavy atom. The van der Waals surface area contributed by atoms with E-state index < -0.39 is 0 Å². The van der Waals surface area contributed by atoms with Crippen LogP contribution in [-0.2, 0) is 0 Å². The van der Waals surface area contributed by atoms with Gasteiger partial charge < -0.3 is 5.32 Å². The van der Waals surface area contributed by atoms with Crippen LogP contribution < -0.4 is 5.32 Å². The van der Waals surface area contributed by atoms with Gasteiger partial charge in [-0.3, -0.25) is 0 Å². The first-order valence-electron chi connectivity index (χ1n) is 7.57. The van der Waals surface area contributed by atoms with Gasteiger partial charge in [-0.2, -0.15) is 5.26 Å². The second kappa shape index (κ2) is 6.07. The lowest BCUT2D eigenvalue weighted by atomic mass is 9.94. The Balaban J connectivity index is 1.74. The van der Waals surface area contributed by atoms with Gasteiger partial charge in [0.05, 0.1) is 12.0 Å². The van der Waals surface area contributed by atoms with E-state index in [0.717, 1.165) is 12.3 Å². The summed E-state index contributed by atoms with van der Waals surface area (Å²) in [5.74, 6) is 1.00. The Kier molecular flexibility index (Phi) is 4.20. The van der Waals surface area contributed by atoms with Crippen molar-refractivity contribution in [3.8, 4) is 6.07 Å². The van der Waals surface area contributed by atoms with E-state index in [-0.39, 0.29) is 5.92 Å². The highest BCUT2D eigenvalue weighted by molar-refractivity contribution is 7.10. The summed E-state index contributed by atoms with van der Waals surface area (Å²) in [6.45, 7) is 0. The van der Waals surface area contributed by atoms with Crippen molar-refractivity contribution in [3.63, 3.8) is 0 Å². The highest BCUT2D eigenvalue weighted by Crippen LogP contribution is 2.39. The predicted molar refractivity (Wildman–Crippen MR) is 78.9 cm³/mol. The first-order valence-corrected chi connectivity index (χ1v) is 8.45. The molecule has 3 rings (SSSR count). The van der Waals surface area contributed by atoms with Crippen LogP contribution in [-0.4, -0.2) is 6.04 Å². The van der Waals surface area contributed by atoms with Gasteiger partial charge in [-0.1, -0.05) is 25.3 Å². The van der Waals surface area contributed by atoms with Gasteiger partial charge in [-0.05, 0) is 43.0 Å². The van der Waals surface area contributed by atoms with Gasteiger partial charge >= 0.3 is 0 Å². The van der Waals surface area contributed by atoms with Crippen LogP contribution in [0.2, 0.25) is 0 Å². The Hall–Kier alpha value is -0.850. The SMILES string of the molecule is N#CC1CCCC1NC(c1cccs1)C1CCCC1. The quantitative estimate of drug-likeness (QED) is 0.890. The van der Waals surface area contributed by atoms with Crippen molar-refractivity contribution in [2.45, 2.75) is 57.0 Å². The minimum Gasteiger partial charge on any atom is -0.305 e. The molecule has 2 nitrogen and oxygen atoms in total. The van der Waals surface area contributed by atoms with Crippen LogP contribution in [0.25, 0.3) is 0 Å². The zero-order valence-corrected chi connectivity index (χ0v) is 12.2. The molecule has 2 aliphatic carbocycles. The van der Waals surface area contributed by atoms with Crippen molar-refractivity contribution in [2.24, 2.45) is 11.8 Å². The van der Waals surface area contributed by atoms with Crippen molar-refractivity contribution in [1.29, 1.82) is 5.26 Å². The number of rotatable bonds is 4. The third-order valence-corrected chi connectivity index (χ3v) is 5.75. The number of hydrogen-bond acceptors (Lipinski definition) is 3. The molecule has 102 valence electrons.